The molecule has 0 radical (unpaired) electrons. The van der Waals surface area contributed by atoms with Crippen LogP contribution < -0.4 is 5.32 Å². The normalized spacial score (nSPS) is 12.8. The van der Waals surface area contributed by atoms with Gasteiger partial charge in [-0.1, -0.05) is 20.8 Å². The Morgan fingerprint density at radius 2 is 1.90 bits per heavy atom. The van der Waals surface area contributed by atoms with Crippen LogP contribution in [0.2, 0.25) is 0 Å². The SMILES string of the molecule is CCCN(C(C)C)S(=O)(=O)c1ccc(CNC(C)C)s1. The summed E-state index contributed by atoms with van der Waals surface area (Å²) in [6.07, 6.45) is 0.824. The standard InChI is InChI=1S/C14H26N2O2S2/c1-6-9-16(12(4)5)20(17,18)14-8-7-13(19-14)10-15-11(2)3/h7-8,11-12,15H,6,9-10H2,1-5H3. The van der Waals surface area contributed by atoms with Crippen LogP contribution in [0.5, 0.6) is 0 Å². The third-order valence-electron chi connectivity index (χ3n) is 2.90. The lowest BCUT2D eigenvalue weighted by Gasteiger charge is -2.24. The molecular formula is C14H26N2O2S2. The van der Waals surface area contributed by atoms with Crippen LogP contribution in [0.1, 0.15) is 45.9 Å². The molecule has 1 heterocycles. The zero-order valence-corrected chi connectivity index (χ0v) is 14.6. The number of hydrogen-bond donors (Lipinski definition) is 1. The van der Waals surface area contributed by atoms with Crippen molar-refractivity contribution in [1.82, 2.24) is 9.62 Å². The zero-order valence-electron chi connectivity index (χ0n) is 13.0. The topological polar surface area (TPSA) is 49.4 Å². The van der Waals surface area contributed by atoms with Crippen molar-refractivity contribution in [3.63, 3.8) is 0 Å². The van der Waals surface area contributed by atoms with Crippen molar-refractivity contribution in [3.8, 4) is 0 Å². The Morgan fingerprint density at radius 3 is 2.40 bits per heavy atom. The van der Waals surface area contributed by atoms with Gasteiger partial charge in [-0.05, 0) is 32.4 Å². The van der Waals surface area contributed by atoms with Crippen molar-refractivity contribution < 1.29 is 8.42 Å². The Morgan fingerprint density at radius 1 is 1.25 bits per heavy atom. The molecule has 0 bridgehead atoms. The van der Waals surface area contributed by atoms with Crippen LogP contribution in [0, 0.1) is 0 Å². The maximum Gasteiger partial charge on any atom is 0.252 e. The highest BCUT2D eigenvalue weighted by Crippen LogP contribution is 2.26. The second kappa shape index (κ2) is 7.54. The number of hydrogen-bond acceptors (Lipinski definition) is 4. The molecular weight excluding hydrogens is 292 g/mol. The molecule has 0 unspecified atom stereocenters. The first-order valence-corrected chi connectivity index (χ1v) is 9.38. The van der Waals surface area contributed by atoms with Crippen LogP contribution in [-0.2, 0) is 16.6 Å². The highest BCUT2D eigenvalue weighted by molar-refractivity contribution is 7.91. The summed E-state index contributed by atoms with van der Waals surface area (Å²) in [6.45, 7) is 11.3. The Balaban J connectivity index is 2.92. The van der Waals surface area contributed by atoms with E-state index in [1.54, 1.807) is 10.4 Å². The average molecular weight is 319 g/mol. The van der Waals surface area contributed by atoms with Crippen LogP contribution in [-0.4, -0.2) is 31.4 Å². The van der Waals surface area contributed by atoms with E-state index in [9.17, 15) is 8.42 Å². The van der Waals surface area contributed by atoms with E-state index in [4.69, 9.17) is 0 Å². The third kappa shape index (κ3) is 4.55. The van der Waals surface area contributed by atoms with Crippen molar-refractivity contribution >= 4 is 21.4 Å². The van der Waals surface area contributed by atoms with E-state index in [-0.39, 0.29) is 6.04 Å². The summed E-state index contributed by atoms with van der Waals surface area (Å²) in [4.78, 5) is 1.05. The minimum Gasteiger partial charge on any atom is -0.310 e. The van der Waals surface area contributed by atoms with Gasteiger partial charge in [-0.2, -0.15) is 4.31 Å². The van der Waals surface area contributed by atoms with Gasteiger partial charge in [0, 0.05) is 30.1 Å². The fraction of sp³-hybridized carbons (Fsp3) is 0.714. The first-order valence-electron chi connectivity index (χ1n) is 7.13. The minimum absolute atomic E-state index is 0.0145. The van der Waals surface area contributed by atoms with Crippen LogP contribution in [0.3, 0.4) is 0 Å². The molecule has 1 aromatic rings. The summed E-state index contributed by atoms with van der Waals surface area (Å²) in [5.41, 5.74) is 0. The molecule has 20 heavy (non-hydrogen) atoms. The van der Waals surface area contributed by atoms with Crippen molar-refractivity contribution in [2.24, 2.45) is 0 Å². The Kier molecular flexibility index (Phi) is 6.64. The Bertz CT molecular complexity index is 507. The smallest absolute Gasteiger partial charge is 0.252 e. The average Bonchev–Trinajstić information content (AvgIpc) is 2.82. The molecule has 0 saturated carbocycles. The van der Waals surface area contributed by atoms with Crippen molar-refractivity contribution in [2.45, 2.75) is 63.9 Å². The van der Waals surface area contributed by atoms with Crippen molar-refractivity contribution in [3.05, 3.63) is 17.0 Å². The summed E-state index contributed by atoms with van der Waals surface area (Å²) < 4.78 is 27.3. The van der Waals surface area contributed by atoms with E-state index >= 15 is 0 Å². The first-order chi connectivity index (χ1) is 9.28. The summed E-state index contributed by atoms with van der Waals surface area (Å²) in [5, 5.41) is 3.31. The predicted octanol–water partition coefficient (Wildman–Crippen LogP) is 3.06. The van der Waals surface area contributed by atoms with E-state index in [2.05, 4.69) is 19.2 Å². The van der Waals surface area contributed by atoms with E-state index in [0.29, 0.717) is 23.3 Å². The maximum absolute atomic E-state index is 12.6. The van der Waals surface area contributed by atoms with Gasteiger partial charge in [-0.15, -0.1) is 11.3 Å². The maximum atomic E-state index is 12.6. The Hall–Kier alpha value is -0.430. The van der Waals surface area contributed by atoms with Gasteiger partial charge in [0.1, 0.15) is 4.21 Å². The summed E-state index contributed by atoms with van der Waals surface area (Å²) in [6, 6.07) is 4.00. The fourth-order valence-electron chi connectivity index (χ4n) is 1.89. The van der Waals surface area contributed by atoms with Crippen molar-refractivity contribution in [2.75, 3.05) is 6.54 Å². The van der Waals surface area contributed by atoms with Gasteiger partial charge in [0.25, 0.3) is 10.0 Å². The molecule has 0 atom stereocenters. The number of sulfonamides is 1. The molecule has 6 heteroatoms. The quantitative estimate of drug-likeness (QED) is 0.801. The van der Waals surface area contributed by atoms with E-state index < -0.39 is 10.0 Å². The lowest BCUT2D eigenvalue weighted by molar-refractivity contribution is 0.355. The number of nitrogens with zero attached hydrogens (tertiary/aromatic N) is 1. The number of thiophene rings is 1. The molecule has 1 rings (SSSR count). The molecule has 0 saturated heterocycles. The van der Waals surface area contributed by atoms with Gasteiger partial charge in [0.15, 0.2) is 0 Å². The zero-order chi connectivity index (χ0) is 15.3. The van der Waals surface area contributed by atoms with Gasteiger partial charge in [-0.3, -0.25) is 0 Å². The van der Waals surface area contributed by atoms with E-state index in [1.165, 1.54) is 11.3 Å². The first kappa shape index (κ1) is 17.6. The van der Waals surface area contributed by atoms with Gasteiger partial charge in [-0.25, -0.2) is 8.42 Å². The van der Waals surface area contributed by atoms with Gasteiger partial charge < -0.3 is 5.32 Å². The number of nitrogens with one attached hydrogen (secondary N) is 1. The summed E-state index contributed by atoms with van der Waals surface area (Å²) in [7, 11) is -3.36. The molecule has 0 spiro atoms. The van der Waals surface area contributed by atoms with Crippen LogP contribution in [0.4, 0.5) is 0 Å². The minimum atomic E-state index is -3.36. The molecule has 1 N–H and O–H groups in total. The number of rotatable bonds is 8. The van der Waals surface area contributed by atoms with Gasteiger partial charge in [0.2, 0.25) is 0 Å². The highest BCUT2D eigenvalue weighted by atomic mass is 32.2. The molecule has 0 fully saturated rings. The molecule has 4 nitrogen and oxygen atoms in total. The predicted molar refractivity (Wildman–Crippen MR) is 85.6 cm³/mol. The van der Waals surface area contributed by atoms with Gasteiger partial charge in [0.05, 0.1) is 0 Å². The van der Waals surface area contributed by atoms with Gasteiger partial charge >= 0.3 is 0 Å². The highest BCUT2D eigenvalue weighted by Gasteiger charge is 2.27. The second-order valence-electron chi connectivity index (χ2n) is 5.47. The fourth-order valence-corrected chi connectivity index (χ4v) is 5.05. The molecule has 0 aliphatic rings. The van der Waals surface area contributed by atoms with E-state index in [1.807, 2.05) is 26.8 Å². The van der Waals surface area contributed by atoms with Crippen LogP contribution >= 0.6 is 11.3 Å². The molecule has 0 aliphatic heterocycles. The molecule has 116 valence electrons. The lowest BCUT2D eigenvalue weighted by atomic mass is 10.4. The Labute approximate surface area is 127 Å². The van der Waals surface area contributed by atoms with Crippen LogP contribution in [0.25, 0.3) is 0 Å². The molecule has 0 amide bonds. The molecule has 0 aromatic carbocycles. The summed E-state index contributed by atoms with van der Waals surface area (Å²) in [5.74, 6) is 0. The van der Waals surface area contributed by atoms with E-state index in [0.717, 1.165) is 11.3 Å². The molecule has 0 aliphatic carbocycles. The largest absolute Gasteiger partial charge is 0.310 e. The monoisotopic (exact) mass is 318 g/mol. The summed E-state index contributed by atoms with van der Waals surface area (Å²) >= 11 is 1.36. The van der Waals surface area contributed by atoms with Crippen LogP contribution in [0.15, 0.2) is 16.3 Å². The third-order valence-corrected chi connectivity index (χ3v) is 6.53. The lowest BCUT2D eigenvalue weighted by Crippen LogP contribution is -2.37. The second-order valence-corrected chi connectivity index (χ2v) is 8.75. The molecule has 1 aromatic heterocycles. The van der Waals surface area contributed by atoms with Crippen molar-refractivity contribution in [1.29, 1.82) is 0 Å².